The second-order valence-electron chi connectivity index (χ2n) is 2.46. The van der Waals surface area contributed by atoms with Crippen LogP contribution >= 0.6 is 0 Å². The van der Waals surface area contributed by atoms with E-state index in [1.54, 1.807) is 0 Å². The van der Waals surface area contributed by atoms with Crippen LogP contribution in [0.15, 0.2) is 0 Å². The molecular weight excluding hydrogens is 159 g/mol. The maximum absolute atomic E-state index is 9.87. The molecule has 0 saturated carbocycles. The number of aliphatic hydroxyl groups excluding tert-OH is 1. The van der Waals surface area contributed by atoms with Gasteiger partial charge in [-0.15, -0.1) is 0 Å². The van der Waals surface area contributed by atoms with E-state index in [2.05, 4.69) is 0 Å². The van der Waals surface area contributed by atoms with Gasteiger partial charge in [-0.25, -0.2) is 0 Å². The van der Waals surface area contributed by atoms with Crippen LogP contribution in [-0.4, -0.2) is 17.2 Å². The molecule has 0 unspecified atom stereocenters. The van der Waals surface area contributed by atoms with Gasteiger partial charge in [0.25, 0.3) is 0 Å². The summed E-state index contributed by atoms with van der Waals surface area (Å²) in [5.74, 6) is -1.19. The van der Waals surface area contributed by atoms with Crippen LogP contribution in [0, 0.1) is 5.92 Å². The summed E-state index contributed by atoms with van der Waals surface area (Å²) in [5, 5.41) is 18.5. The normalized spacial score (nSPS) is 12.4. The van der Waals surface area contributed by atoms with E-state index in [-0.39, 0.29) is 63.7 Å². The molecule has 1 atom stereocenters. The number of carbonyl (C=O) groups excluding carboxylic acids is 1. The van der Waals surface area contributed by atoms with E-state index >= 15 is 0 Å². The van der Waals surface area contributed by atoms with Gasteiger partial charge in [-0.05, 0) is 12.3 Å². The Morgan fingerprint density at radius 2 is 2.00 bits per heavy atom. The third kappa shape index (κ3) is 7.18. The standard InChI is InChI=1S/C6H12O3.K/c1-4(2)3-5(7)6(8)9;/h4-5,7H,3H2,1-2H3,(H,8,9);/q;+1/p-1/t5-;/m1./s1. The van der Waals surface area contributed by atoms with E-state index in [0.717, 1.165) is 0 Å². The van der Waals surface area contributed by atoms with Crippen molar-refractivity contribution in [2.45, 2.75) is 26.4 Å². The fourth-order valence-corrected chi connectivity index (χ4v) is 0.543. The number of aliphatic hydroxyl groups is 1. The molecule has 0 saturated heterocycles. The molecule has 1 N–H and O–H groups in total. The van der Waals surface area contributed by atoms with Crippen molar-refractivity contribution in [3.8, 4) is 0 Å². The van der Waals surface area contributed by atoms with Crippen LogP contribution in [0.4, 0.5) is 0 Å². The van der Waals surface area contributed by atoms with Gasteiger partial charge in [0.1, 0.15) is 0 Å². The number of hydrogen-bond donors (Lipinski definition) is 1. The summed E-state index contributed by atoms with van der Waals surface area (Å²) in [6, 6.07) is 0. The second kappa shape index (κ2) is 6.76. The fourth-order valence-electron chi connectivity index (χ4n) is 0.543. The van der Waals surface area contributed by atoms with E-state index in [0.29, 0.717) is 0 Å². The van der Waals surface area contributed by atoms with E-state index in [9.17, 15) is 9.90 Å². The second-order valence-corrected chi connectivity index (χ2v) is 2.46. The molecule has 0 aliphatic heterocycles. The van der Waals surface area contributed by atoms with Gasteiger partial charge in [0.05, 0.1) is 12.1 Å². The molecule has 10 heavy (non-hydrogen) atoms. The summed E-state index contributed by atoms with van der Waals surface area (Å²) in [5.41, 5.74) is 0. The van der Waals surface area contributed by atoms with Gasteiger partial charge in [0.15, 0.2) is 0 Å². The molecule has 0 radical (unpaired) electrons. The number of aliphatic carboxylic acids is 1. The zero-order valence-electron chi connectivity index (χ0n) is 6.63. The molecule has 0 aromatic rings. The monoisotopic (exact) mass is 170 g/mol. The van der Waals surface area contributed by atoms with Crippen LogP contribution in [0.2, 0.25) is 0 Å². The third-order valence-corrected chi connectivity index (χ3v) is 0.967. The maximum atomic E-state index is 9.87. The predicted molar refractivity (Wildman–Crippen MR) is 30.5 cm³/mol. The molecule has 0 fully saturated rings. The molecule has 4 heteroatoms. The van der Waals surface area contributed by atoms with Crippen molar-refractivity contribution in [2.24, 2.45) is 5.92 Å². The van der Waals surface area contributed by atoms with Crippen LogP contribution in [0.3, 0.4) is 0 Å². The van der Waals surface area contributed by atoms with E-state index in [1.807, 2.05) is 13.8 Å². The van der Waals surface area contributed by atoms with Gasteiger partial charge in [0, 0.05) is 0 Å². The van der Waals surface area contributed by atoms with Gasteiger partial charge < -0.3 is 15.0 Å². The van der Waals surface area contributed by atoms with Crippen LogP contribution in [0.1, 0.15) is 20.3 Å². The minimum Gasteiger partial charge on any atom is -0.547 e. The Bertz CT molecular complexity index is 103. The van der Waals surface area contributed by atoms with Crippen molar-refractivity contribution >= 4 is 5.97 Å². The van der Waals surface area contributed by atoms with Crippen molar-refractivity contribution in [1.29, 1.82) is 0 Å². The number of hydrogen-bond acceptors (Lipinski definition) is 3. The molecule has 0 aromatic carbocycles. The SMILES string of the molecule is CC(C)C[C@@H](O)C(=O)[O-].[K+]. The number of carboxylic acids is 1. The summed E-state index contributed by atoms with van der Waals surface area (Å²) in [4.78, 5) is 9.87. The smallest absolute Gasteiger partial charge is 0.547 e. The van der Waals surface area contributed by atoms with Crippen molar-refractivity contribution in [2.75, 3.05) is 0 Å². The Labute approximate surface area is 103 Å². The summed E-state index contributed by atoms with van der Waals surface area (Å²) in [7, 11) is 0. The summed E-state index contributed by atoms with van der Waals surface area (Å²) >= 11 is 0. The first-order valence-corrected chi connectivity index (χ1v) is 2.93. The first-order chi connectivity index (χ1) is 4.04. The molecule has 0 aliphatic rings. The number of carboxylic acid groups (broad SMARTS) is 1. The molecule has 0 spiro atoms. The van der Waals surface area contributed by atoms with Gasteiger partial charge in [-0.2, -0.15) is 0 Å². The van der Waals surface area contributed by atoms with Crippen LogP contribution in [0.25, 0.3) is 0 Å². The Kier molecular flexibility index (Phi) is 9.22. The van der Waals surface area contributed by atoms with Gasteiger partial charge >= 0.3 is 51.4 Å². The topological polar surface area (TPSA) is 60.4 Å². The van der Waals surface area contributed by atoms with E-state index < -0.39 is 12.1 Å². The summed E-state index contributed by atoms with van der Waals surface area (Å²) in [6.07, 6.45) is -1.03. The van der Waals surface area contributed by atoms with Gasteiger partial charge in [-0.3, -0.25) is 0 Å². The molecule has 0 aromatic heterocycles. The maximum Gasteiger partial charge on any atom is 1.00 e. The molecule has 54 valence electrons. The van der Waals surface area contributed by atoms with E-state index in [1.165, 1.54) is 0 Å². The Morgan fingerprint density at radius 3 is 2.10 bits per heavy atom. The summed E-state index contributed by atoms with van der Waals surface area (Å²) < 4.78 is 0. The van der Waals surface area contributed by atoms with Crippen molar-refractivity contribution < 1.29 is 66.4 Å². The Morgan fingerprint density at radius 1 is 1.60 bits per heavy atom. The average molecular weight is 170 g/mol. The van der Waals surface area contributed by atoms with Crippen molar-refractivity contribution in [3.63, 3.8) is 0 Å². The largest absolute Gasteiger partial charge is 1.00 e. The third-order valence-electron chi connectivity index (χ3n) is 0.967. The molecular formula is C6H11KO3. The summed E-state index contributed by atoms with van der Waals surface area (Å²) in [6.45, 7) is 3.68. The molecule has 0 aliphatic carbocycles. The minimum atomic E-state index is -1.39. The van der Waals surface area contributed by atoms with Crippen molar-refractivity contribution in [3.05, 3.63) is 0 Å². The average Bonchev–Trinajstić information content (AvgIpc) is 1.63. The molecule has 0 rings (SSSR count). The van der Waals surface area contributed by atoms with Crippen molar-refractivity contribution in [1.82, 2.24) is 0 Å². The first kappa shape index (κ1) is 13.6. The Hall–Kier alpha value is 1.07. The predicted octanol–water partition coefficient (Wildman–Crippen LogP) is -3.85. The Balaban J connectivity index is 0. The zero-order chi connectivity index (χ0) is 7.44. The van der Waals surface area contributed by atoms with Gasteiger partial charge in [-0.1, -0.05) is 13.8 Å². The van der Waals surface area contributed by atoms with Crippen LogP contribution in [0.5, 0.6) is 0 Å². The van der Waals surface area contributed by atoms with Crippen LogP contribution < -0.4 is 56.5 Å². The van der Waals surface area contributed by atoms with E-state index in [4.69, 9.17) is 5.11 Å². The zero-order valence-corrected chi connectivity index (χ0v) is 9.75. The number of carbonyl (C=O) groups is 1. The fraction of sp³-hybridized carbons (Fsp3) is 0.833. The molecule has 3 nitrogen and oxygen atoms in total. The first-order valence-electron chi connectivity index (χ1n) is 2.93. The quantitative estimate of drug-likeness (QED) is 0.441. The van der Waals surface area contributed by atoms with Crippen LogP contribution in [-0.2, 0) is 4.79 Å². The molecule has 0 bridgehead atoms. The molecule has 0 amide bonds. The number of rotatable bonds is 3. The minimum absolute atomic E-state index is 0. The molecule has 0 heterocycles. The van der Waals surface area contributed by atoms with Gasteiger partial charge in [0.2, 0.25) is 0 Å².